The highest BCUT2D eigenvalue weighted by Gasteiger charge is 2.32. The van der Waals surface area contributed by atoms with Crippen molar-refractivity contribution in [2.45, 2.75) is 39.4 Å². The maximum Gasteiger partial charge on any atom is 0.260 e. The fourth-order valence-electron chi connectivity index (χ4n) is 4.23. The zero-order valence-corrected chi connectivity index (χ0v) is 22.0. The van der Waals surface area contributed by atoms with E-state index in [4.69, 9.17) is 4.74 Å². The molecule has 0 saturated carbocycles. The molecule has 0 bridgehead atoms. The molecule has 0 unspecified atom stereocenters. The largest absolute Gasteiger partial charge is 0.480 e. The van der Waals surface area contributed by atoms with Gasteiger partial charge in [-0.1, -0.05) is 28.1 Å². The summed E-state index contributed by atoms with van der Waals surface area (Å²) in [7, 11) is 0. The Balaban J connectivity index is 1.43. The van der Waals surface area contributed by atoms with Gasteiger partial charge in [0, 0.05) is 47.3 Å². The van der Waals surface area contributed by atoms with Gasteiger partial charge in [0.15, 0.2) is 12.4 Å². The monoisotopic (exact) mass is 577 g/mol. The van der Waals surface area contributed by atoms with Crippen LogP contribution < -0.4 is 4.74 Å². The minimum atomic E-state index is -0.230. The quantitative estimate of drug-likeness (QED) is 0.389. The summed E-state index contributed by atoms with van der Waals surface area (Å²) < 4.78 is 20.9. The van der Waals surface area contributed by atoms with Gasteiger partial charge < -0.3 is 9.64 Å². The lowest BCUT2D eigenvalue weighted by molar-refractivity contribution is -0.139. The van der Waals surface area contributed by atoms with Crippen LogP contribution in [0.2, 0.25) is 0 Å². The molecule has 33 heavy (non-hydrogen) atoms. The van der Waals surface area contributed by atoms with Crippen molar-refractivity contribution in [2.75, 3.05) is 19.7 Å². The molecule has 1 saturated heterocycles. The summed E-state index contributed by atoms with van der Waals surface area (Å²) in [6.45, 7) is 8.13. The third kappa shape index (κ3) is 5.39. The first-order valence-corrected chi connectivity index (χ1v) is 12.5. The molecule has 1 aliphatic heterocycles. The van der Waals surface area contributed by atoms with Crippen LogP contribution in [0.5, 0.6) is 5.75 Å². The van der Waals surface area contributed by atoms with E-state index in [-0.39, 0.29) is 30.4 Å². The number of rotatable bonds is 5. The molecule has 2 atom stereocenters. The Bertz CT molecular complexity index is 1170. The first kappa shape index (κ1) is 24.1. The van der Waals surface area contributed by atoms with Gasteiger partial charge in [0.05, 0.1) is 4.47 Å². The van der Waals surface area contributed by atoms with Crippen LogP contribution in [0, 0.1) is 12.7 Å². The Hall–Kier alpha value is -2.03. The number of hydrogen-bond donors (Lipinski definition) is 0. The van der Waals surface area contributed by atoms with E-state index in [0.717, 1.165) is 44.2 Å². The van der Waals surface area contributed by atoms with Crippen LogP contribution in [-0.2, 0) is 11.3 Å². The first-order valence-electron chi connectivity index (χ1n) is 10.9. The normalized spacial score (nSPS) is 19.2. The molecule has 2 aromatic carbocycles. The van der Waals surface area contributed by atoms with Crippen molar-refractivity contribution in [3.8, 4) is 5.75 Å². The Kier molecular flexibility index (Phi) is 7.36. The Morgan fingerprint density at radius 2 is 1.82 bits per heavy atom. The van der Waals surface area contributed by atoms with Gasteiger partial charge in [-0.05, 0) is 72.6 Å². The van der Waals surface area contributed by atoms with Gasteiger partial charge in [-0.25, -0.2) is 9.37 Å². The van der Waals surface area contributed by atoms with Crippen molar-refractivity contribution in [1.29, 1.82) is 0 Å². The lowest BCUT2D eigenvalue weighted by atomic mass is 10.1. The minimum absolute atomic E-state index is 0.0446. The molecule has 174 valence electrons. The van der Waals surface area contributed by atoms with E-state index in [1.807, 2.05) is 42.2 Å². The molecular weight excluding hydrogens is 553 g/mol. The Morgan fingerprint density at radius 3 is 2.55 bits per heavy atom. The van der Waals surface area contributed by atoms with Crippen LogP contribution in [0.15, 0.2) is 51.4 Å². The van der Waals surface area contributed by atoms with Gasteiger partial charge in [-0.2, -0.15) is 0 Å². The molecule has 0 N–H and O–H groups in total. The van der Waals surface area contributed by atoms with Crippen LogP contribution in [0.1, 0.15) is 25.1 Å². The van der Waals surface area contributed by atoms with E-state index in [9.17, 15) is 9.18 Å². The molecule has 1 fully saturated rings. The van der Waals surface area contributed by atoms with E-state index in [2.05, 4.69) is 55.6 Å². The molecule has 3 aromatic rings. The van der Waals surface area contributed by atoms with Crippen molar-refractivity contribution in [3.05, 3.63) is 68.5 Å². The number of nitrogens with zero attached hydrogens (tertiary/aromatic N) is 3. The van der Waals surface area contributed by atoms with Crippen molar-refractivity contribution in [3.63, 3.8) is 0 Å². The number of fused-ring (bicyclic) bond motifs is 1. The first-order chi connectivity index (χ1) is 15.7. The molecule has 2 heterocycles. The second-order valence-electron chi connectivity index (χ2n) is 8.61. The van der Waals surface area contributed by atoms with E-state index in [1.54, 1.807) is 0 Å². The highest BCUT2D eigenvalue weighted by molar-refractivity contribution is 9.11. The highest BCUT2D eigenvalue weighted by atomic mass is 79.9. The maximum absolute atomic E-state index is 13.2. The lowest BCUT2D eigenvalue weighted by Crippen LogP contribution is -2.58. The number of halogens is 3. The number of carbonyl (C=O) groups is 1. The number of piperazine rings is 1. The highest BCUT2D eigenvalue weighted by Crippen LogP contribution is 2.37. The van der Waals surface area contributed by atoms with Crippen LogP contribution in [-0.4, -0.2) is 52.5 Å². The molecular formula is C25H26Br2FN3O2. The molecule has 1 aliphatic rings. The molecule has 0 spiro atoms. The van der Waals surface area contributed by atoms with Crippen molar-refractivity contribution in [2.24, 2.45) is 0 Å². The predicted molar refractivity (Wildman–Crippen MR) is 135 cm³/mol. The standard InChI is InChI=1S/C25H26Br2FN3O2/c1-15-4-9-20-21(26)10-22(27)25(24(20)29-15)33-14-23(32)31-12-16(2)30(11-17(31)3)13-18-5-7-19(28)8-6-18/h4-10,16-17H,11-14H2,1-3H3/t16-,17+/m1/s1. The molecule has 1 aromatic heterocycles. The molecule has 5 nitrogen and oxygen atoms in total. The van der Waals surface area contributed by atoms with E-state index >= 15 is 0 Å². The van der Waals surface area contributed by atoms with Crippen LogP contribution in [0.25, 0.3) is 10.9 Å². The zero-order valence-electron chi connectivity index (χ0n) is 18.8. The lowest BCUT2D eigenvalue weighted by Gasteiger charge is -2.44. The smallest absolute Gasteiger partial charge is 0.260 e. The topological polar surface area (TPSA) is 45.7 Å². The van der Waals surface area contributed by atoms with Crippen LogP contribution in [0.3, 0.4) is 0 Å². The number of carbonyl (C=O) groups excluding carboxylic acids is 1. The average molecular weight is 579 g/mol. The van der Waals surface area contributed by atoms with Crippen molar-refractivity contribution < 1.29 is 13.9 Å². The van der Waals surface area contributed by atoms with E-state index in [1.165, 1.54) is 12.1 Å². The maximum atomic E-state index is 13.2. The van der Waals surface area contributed by atoms with E-state index < -0.39 is 0 Å². The van der Waals surface area contributed by atoms with Gasteiger partial charge in [-0.15, -0.1) is 0 Å². The van der Waals surface area contributed by atoms with Crippen molar-refractivity contribution >= 4 is 48.7 Å². The zero-order chi connectivity index (χ0) is 23.7. The number of hydrogen-bond acceptors (Lipinski definition) is 4. The van der Waals surface area contributed by atoms with Gasteiger partial charge in [0.1, 0.15) is 11.3 Å². The average Bonchev–Trinajstić information content (AvgIpc) is 2.77. The summed E-state index contributed by atoms with van der Waals surface area (Å²) in [6, 6.07) is 12.7. The number of benzene rings is 2. The number of aryl methyl sites for hydroxylation is 1. The van der Waals surface area contributed by atoms with Gasteiger partial charge in [0.2, 0.25) is 0 Å². The molecule has 4 rings (SSSR count). The third-order valence-electron chi connectivity index (χ3n) is 6.05. The number of aromatic nitrogens is 1. The predicted octanol–water partition coefficient (Wildman–Crippen LogP) is 5.71. The van der Waals surface area contributed by atoms with Crippen LogP contribution >= 0.6 is 31.9 Å². The second kappa shape index (κ2) is 10.1. The second-order valence-corrected chi connectivity index (χ2v) is 10.3. The Labute approximate surface area is 210 Å². The van der Waals surface area contributed by atoms with Gasteiger partial charge in [-0.3, -0.25) is 9.69 Å². The molecule has 8 heteroatoms. The summed E-state index contributed by atoms with van der Waals surface area (Å²) in [5, 5.41) is 0.933. The molecule has 1 amide bonds. The van der Waals surface area contributed by atoms with E-state index in [0.29, 0.717) is 12.3 Å². The molecule has 0 radical (unpaired) electrons. The fraction of sp³-hybridized carbons (Fsp3) is 0.360. The summed E-state index contributed by atoms with van der Waals surface area (Å²) in [5.41, 5.74) is 2.66. The third-order valence-corrected chi connectivity index (χ3v) is 7.30. The van der Waals surface area contributed by atoms with Crippen molar-refractivity contribution in [1.82, 2.24) is 14.8 Å². The number of ether oxygens (including phenoxy) is 1. The summed E-state index contributed by atoms with van der Waals surface area (Å²) in [6.07, 6.45) is 0. The van der Waals surface area contributed by atoms with Gasteiger partial charge >= 0.3 is 0 Å². The summed E-state index contributed by atoms with van der Waals surface area (Å²) >= 11 is 7.13. The fourth-order valence-corrected chi connectivity index (χ4v) is 5.62. The van der Waals surface area contributed by atoms with Crippen LogP contribution in [0.4, 0.5) is 4.39 Å². The summed E-state index contributed by atoms with van der Waals surface area (Å²) in [5.74, 6) is 0.290. The van der Waals surface area contributed by atoms with Gasteiger partial charge in [0.25, 0.3) is 5.91 Å². The molecule has 0 aliphatic carbocycles. The number of pyridine rings is 1. The summed E-state index contributed by atoms with van der Waals surface area (Å²) in [4.78, 5) is 22.0. The number of amides is 1. The SMILES string of the molecule is Cc1ccc2c(Br)cc(Br)c(OCC(=O)N3C[C@@H](C)N(Cc4ccc(F)cc4)C[C@@H]3C)c2n1. The Morgan fingerprint density at radius 1 is 1.09 bits per heavy atom. The minimum Gasteiger partial charge on any atom is -0.480 e.